The van der Waals surface area contributed by atoms with Crippen molar-refractivity contribution in [2.24, 2.45) is 5.92 Å². The molecule has 3 heterocycles. The number of carbonyl (C=O) groups excluding carboxylic acids is 1. The summed E-state index contributed by atoms with van der Waals surface area (Å²) in [5, 5.41) is 23.8. The molecule has 3 N–H and O–H groups in total. The van der Waals surface area contributed by atoms with Crippen LogP contribution in [0.15, 0.2) is 22.2 Å². The highest BCUT2D eigenvalue weighted by molar-refractivity contribution is 9.11. The molecule has 1 saturated carbocycles. The first kappa shape index (κ1) is 20.0. The van der Waals surface area contributed by atoms with Crippen molar-refractivity contribution >= 4 is 50.0 Å². The van der Waals surface area contributed by atoms with Gasteiger partial charge in [-0.2, -0.15) is 0 Å². The fraction of sp³-hybridized carbons (Fsp3) is 0.368. The Kier molecular flexibility index (Phi) is 5.40. The van der Waals surface area contributed by atoms with Gasteiger partial charge in [0.1, 0.15) is 11.9 Å². The van der Waals surface area contributed by atoms with Crippen LogP contribution in [-0.2, 0) is 4.79 Å². The van der Waals surface area contributed by atoms with Crippen molar-refractivity contribution in [3.05, 3.63) is 32.9 Å². The van der Waals surface area contributed by atoms with Gasteiger partial charge in [-0.1, -0.05) is 0 Å². The van der Waals surface area contributed by atoms with Crippen molar-refractivity contribution in [3.8, 4) is 11.8 Å². The summed E-state index contributed by atoms with van der Waals surface area (Å²) in [6.07, 6.45) is -0.340. The van der Waals surface area contributed by atoms with E-state index < -0.39 is 24.2 Å². The fourth-order valence-electron chi connectivity index (χ4n) is 3.58. The Morgan fingerprint density at radius 3 is 2.72 bits per heavy atom. The highest BCUT2D eigenvalue weighted by Crippen LogP contribution is 2.37. The lowest BCUT2D eigenvalue weighted by Crippen LogP contribution is -2.31. The van der Waals surface area contributed by atoms with Crippen molar-refractivity contribution in [2.75, 3.05) is 12.4 Å². The molecular weight excluding hydrogens is 458 g/mol. The van der Waals surface area contributed by atoms with Crippen LogP contribution in [0, 0.1) is 17.8 Å². The monoisotopic (exact) mass is 475 g/mol. The smallest absolute Gasteiger partial charge is 0.209 e. The number of carbonyl (C=O) groups is 1. The zero-order chi connectivity index (χ0) is 20.7. The molecule has 1 fully saturated rings. The molecule has 1 unspecified atom stereocenters. The second-order valence-corrected chi connectivity index (χ2v) is 9.29. The SMILES string of the molecule is CNc1nc(C#Cc2ccc(Br)s2)nc2c1ncn2[C@@H]1C[C@H](C(C)=O)C(O)[C@H]1O. The predicted octanol–water partition coefficient (Wildman–Crippen LogP) is 1.96. The number of aliphatic hydroxyl groups excluding tert-OH is 2. The Morgan fingerprint density at radius 1 is 1.31 bits per heavy atom. The molecule has 4 rings (SSSR count). The average Bonchev–Trinajstić information content (AvgIpc) is 3.38. The second kappa shape index (κ2) is 7.84. The number of halogens is 1. The summed E-state index contributed by atoms with van der Waals surface area (Å²) in [7, 11) is 1.73. The number of hydrogen-bond donors (Lipinski definition) is 3. The van der Waals surface area contributed by atoms with Crippen molar-refractivity contribution in [1.82, 2.24) is 19.5 Å². The van der Waals surface area contributed by atoms with E-state index in [1.165, 1.54) is 18.3 Å². The van der Waals surface area contributed by atoms with Crippen molar-refractivity contribution in [1.29, 1.82) is 0 Å². The molecule has 0 bridgehead atoms. The van der Waals surface area contributed by atoms with Crippen LogP contribution in [-0.4, -0.2) is 54.8 Å². The lowest BCUT2D eigenvalue weighted by Gasteiger charge is -2.18. The van der Waals surface area contributed by atoms with Gasteiger partial charge in [-0.15, -0.1) is 11.3 Å². The molecule has 10 heteroatoms. The first-order valence-electron chi connectivity index (χ1n) is 8.95. The number of aromatic nitrogens is 4. The van der Waals surface area contributed by atoms with Gasteiger partial charge in [0.25, 0.3) is 0 Å². The maximum atomic E-state index is 11.8. The topological polar surface area (TPSA) is 113 Å². The molecule has 1 aliphatic carbocycles. The number of hydrogen-bond acceptors (Lipinski definition) is 8. The first-order valence-corrected chi connectivity index (χ1v) is 10.6. The molecule has 0 aromatic carbocycles. The highest BCUT2D eigenvalue weighted by Gasteiger charge is 2.45. The highest BCUT2D eigenvalue weighted by atomic mass is 79.9. The second-order valence-electron chi connectivity index (χ2n) is 6.83. The van der Waals surface area contributed by atoms with Crippen LogP contribution in [0.1, 0.15) is 30.1 Å². The summed E-state index contributed by atoms with van der Waals surface area (Å²) in [4.78, 5) is 26.0. The zero-order valence-electron chi connectivity index (χ0n) is 15.6. The average molecular weight is 476 g/mol. The standard InChI is InChI=1S/C19H18BrN5O3S/c1-9(26)11-7-12(17(28)16(11)27)25-8-22-15-18(21-2)23-14(24-19(15)25)6-4-10-3-5-13(20)29-10/h3,5,8,11-12,16-17,27-28H,7H2,1-2H3,(H,21,23,24)/t11-,12-,16?,17+/m1/s1. The normalized spacial score (nSPS) is 23.8. The fourth-order valence-corrected chi connectivity index (χ4v) is 4.82. The molecule has 3 aromatic rings. The number of aliphatic hydroxyl groups is 2. The van der Waals surface area contributed by atoms with E-state index in [4.69, 9.17) is 0 Å². The number of nitrogens with one attached hydrogen (secondary N) is 1. The third kappa shape index (κ3) is 3.67. The van der Waals surface area contributed by atoms with Gasteiger partial charge < -0.3 is 20.1 Å². The molecule has 150 valence electrons. The maximum absolute atomic E-state index is 11.8. The lowest BCUT2D eigenvalue weighted by molar-refractivity contribution is -0.124. The van der Waals surface area contributed by atoms with E-state index >= 15 is 0 Å². The van der Waals surface area contributed by atoms with E-state index in [2.05, 4.69) is 48.0 Å². The Bertz CT molecular complexity index is 1150. The Labute approximate surface area is 179 Å². The number of rotatable bonds is 3. The van der Waals surface area contributed by atoms with Crippen LogP contribution < -0.4 is 5.32 Å². The van der Waals surface area contributed by atoms with Gasteiger partial charge in [-0.3, -0.25) is 4.79 Å². The summed E-state index contributed by atoms with van der Waals surface area (Å²) in [6, 6.07) is 3.31. The summed E-state index contributed by atoms with van der Waals surface area (Å²) in [6.45, 7) is 1.42. The van der Waals surface area contributed by atoms with Crippen LogP contribution in [0.2, 0.25) is 0 Å². The molecule has 0 saturated heterocycles. The molecule has 8 nitrogen and oxygen atoms in total. The predicted molar refractivity (Wildman–Crippen MR) is 113 cm³/mol. The van der Waals surface area contributed by atoms with E-state index in [1.54, 1.807) is 17.9 Å². The number of thiophene rings is 1. The van der Waals surface area contributed by atoms with Gasteiger partial charge in [-0.05, 0) is 53.2 Å². The van der Waals surface area contributed by atoms with Crippen LogP contribution in [0.5, 0.6) is 0 Å². The van der Waals surface area contributed by atoms with E-state index in [9.17, 15) is 15.0 Å². The number of imidazole rings is 1. The summed E-state index contributed by atoms with van der Waals surface area (Å²) < 4.78 is 2.68. The van der Waals surface area contributed by atoms with Gasteiger partial charge in [0.2, 0.25) is 5.82 Å². The van der Waals surface area contributed by atoms with Crippen molar-refractivity contribution in [2.45, 2.75) is 31.6 Å². The maximum Gasteiger partial charge on any atom is 0.209 e. The zero-order valence-corrected chi connectivity index (χ0v) is 18.0. The molecular formula is C19H18BrN5O3S. The molecule has 4 atom stereocenters. The van der Waals surface area contributed by atoms with Crippen LogP contribution >= 0.6 is 27.3 Å². The Morgan fingerprint density at radius 2 is 2.10 bits per heavy atom. The third-order valence-corrected chi connectivity index (χ3v) is 6.60. The van der Waals surface area contributed by atoms with E-state index in [-0.39, 0.29) is 5.78 Å². The van der Waals surface area contributed by atoms with Crippen LogP contribution in [0.4, 0.5) is 5.82 Å². The molecule has 0 aliphatic heterocycles. The summed E-state index contributed by atoms with van der Waals surface area (Å²) in [5.74, 6) is 6.06. The van der Waals surface area contributed by atoms with Gasteiger partial charge in [-0.25, -0.2) is 15.0 Å². The van der Waals surface area contributed by atoms with Gasteiger partial charge in [0.15, 0.2) is 17.0 Å². The number of fused-ring (bicyclic) bond motifs is 1. The Balaban J connectivity index is 1.77. The molecule has 29 heavy (non-hydrogen) atoms. The quantitative estimate of drug-likeness (QED) is 0.496. The minimum atomic E-state index is -1.11. The molecule has 1 aliphatic rings. The summed E-state index contributed by atoms with van der Waals surface area (Å²) in [5.41, 5.74) is 1.02. The van der Waals surface area contributed by atoms with E-state index in [1.807, 2.05) is 12.1 Å². The van der Waals surface area contributed by atoms with Crippen molar-refractivity contribution in [3.63, 3.8) is 0 Å². The number of ketones is 1. The van der Waals surface area contributed by atoms with Gasteiger partial charge in [0, 0.05) is 13.0 Å². The minimum Gasteiger partial charge on any atom is -0.390 e. The minimum absolute atomic E-state index is 0.150. The molecule has 0 amide bonds. The van der Waals surface area contributed by atoms with Crippen molar-refractivity contribution < 1.29 is 15.0 Å². The van der Waals surface area contributed by atoms with Gasteiger partial charge >= 0.3 is 0 Å². The van der Waals surface area contributed by atoms with Crippen LogP contribution in [0.3, 0.4) is 0 Å². The first-order chi connectivity index (χ1) is 13.9. The van der Waals surface area contributed by atoms with E-state index in [0.717, 1.165) is 8.66 Å². The molecule has 3 aromatic heterocycles. The molecule has 0 spiro atoms. The molecule has 0 radical (unpaired) electrons. The Hall–Kier alpha value is -2.32. The summed E-state index contributed by atoms with van der Waals surface area (Å²) >= 11 is 4.92. The van der Waals surface area contributed by atoms with E-state index in [0.29, 0.717) is 29.2 Å². The lowest BCUT2D eigenvalue weighted by atomic mass is 10.0. The largest absolute Gasteiger partial charge is 0.390 e. The number of Topliss-reactive ketones (excluding diaryl/α,β-unsaturated/α-hetero) is 1. The number of nitrogens with zero attached hydrogens (tertiary/aromatic N) is 4. The van der Waals surface area contributed by atoms with Crippen LogP contribution in [0.25, 0.3) is 11.2 Å². The third-order valence-electron chi connectivity index (χ3n) is 5.06. The van der Waals surface area contributed by atoms with Gasteiger partial charge in [0.05, 0.1) is 27.1 Å². The number of anilines is 1.